The normalized spacial score (nSPS) is 17.3. The number of anilines is 1. The second-order valence-corrected chi connectivity index (χ2v) is 7.66. The molecule has 2 aromatic carbocycles. The van der Waals surface area contributed by atoms with E-state index in [4.69, 9.17) is 10.5 Å². The van der Waals surface area contributed by atoms with E-state index in [0.29, 0.717) is 25.5 Å². The number of carbonyl (C=O) groups is 1. The molecule has 1 amide bonds. The van der Waals surface area contributed by atoms with Crippen LogP contribution in [-0.4, -0.2) is 23.7 Å². The molecule has 0 saturated heterocycles. The fraction of sp³-hybridized carbons (Fsp3) is 0.435. The lowest BCUT2D eigenvalue weighted by Gasteiger charge is -2.21. The molecule has 0 saturated carbocycles. The topological polar surface area (TPSA) is 84.6 Å². The summed E-state index contributed by atoms with van der Waals surface area (Å²) in [6, 6.07) is 13.7. The maximum Gasteiger partial charge on any atom is 0.217 e. The molecule has 150 valence electrons. The van der Waals surface area contributed by atoms with Gasteiger partial charge in [-0.25, -0.2) is 0 Å². The number of rotatable bonds is 7. The smallest absolute Gasteiger partial charge is 0.217 e. The van der Waals surface area contributed by atoms with Crippen LogP contribution in [0.25, 0.3) is 0 Å². The van der Waals surface area contributed by atoms with Crippen LogP contribution >= 0.6 is 0 Å². The minimum atomic E-state index is -0.504. The maximum atomic E-state index is 11.2. The quantitative estimate of drug-likeness (QED) is 0.507. The molecule has 2 atom stereocenters. The Morgan fingerprint density at radius 1 is 1.29 bits per heavy atom. The fourth-order valence-electron chi connectivity index (χ4n) is 3.94. The van der Waals surface area contributed by atoms with Gasteiger partial charge in [0, 0.05) is 19.2 Å². The van der Waals surface area contributed by atoms with Crippen LogP contribution in [0.5, 0.6) is 5.75 Å². The molecule has 3 rings (SSSR count). The first-order valence-electron chi connectivity index (χ1n) is 10.0. The Labute approximate surface area is 166 Å². The van der Waals surface area contributed by atoms with E-state index < -0.39 is 6.10 Å². The zero-order chi connectivity index (χ0) is 19.9. The number of hydrogen-bond donors (Lipinski definition) is 3. The maximum absolute atomic E-state index is 11.2. The van der Waals surface area contributed by atoms with Gasteiger partial charge in [-0.15, -0.1) is 0 Å². The van der Waals surface area contributed by atoms with Gasteiger partial charge >= 0.3 is 0 Å². The Hall–Kier alpha value is -2.53. The molecule has 0 spiro atoms. The molecule has 0 aliphatic heterocycles. The van der Waals surface area contributed by atoms with Gasteiger partial charge in [0.2, 0.25) is 5.91 Å². The zero-order valence-corrected chi connectivity index (χ0v) is 16.5. The van der Waals surface area contributed by atoms with Gasteiger partial charge in [0.1, 0.15) is 12.4 Å². The van der Waals surface area contributed by atoms with Gasteiger partial charge in [-0.2, -0.15) is 0 Å². The first kappa shape index (κ1) is 20.2. The average Bonchev–Trinajstić information content (AvgIpc) is 2.89. The highest BCUT2D eigenvalue weighted by atomic mass is 16.5. The van der Waals surface area contributed by atoms with Crippen LogP contribution in [0.15, 0.2) is 42.5 Å². The zero-order valence-electron chi connectivity index (χ0n) is 16.5. The predicted octanol–water partition coefficient (Wildman–Crippen LogP) is 3.23. The minimum absolute atomic E-state index is 0.0613. The van der Waals surface area contributed by atoms with Gasteiger partial charge < -0.3 is 20.9 Å². The fourth-order valence-corrected chi connectivity index (χ4v) is 3.94. The molecule has 2 aromatic rings. The molecule has 28 heavy (non-hydrogen) atoms. The van der Waals surface area contributed by atoms with Crippen LogP contribution in [0.2, 0.25) is 0 Å². The summed E-state index contributed by atoms with van der Waals surface area (Å²) in [5, 5.41) is 13.3. The Morgan fingerprint density at radius 3 is 2.82 bits per heavy atom. The lowest BCUT2D eigenvalue weighted by atomic mass is 9.90. The van der Waals surface area contributed by atoms with Gasteiger partial charge in [-0.05, 0) is 66.8 Å². The highest BCUT2D eigenvalue weighted by molar-refractivity contribution is 5.73. The van der Waals surface area contributed by atoms with Crippen LogP contribution in [-0.2, 0) is 24.2 Å². The summed E-state index contributed by atoms with van der Waals surface area (Å²) < 4.78 is 5.69. The number of amides is 1. The summed E-state index contributed by atoms with van der Waals surface area (Å²) in [4.78, 5) is 11.2. The Bertz CT molecular complexity index is 792. The van der Waals surface area contributed by atoms with Crippen molar-refractivity contribution in [3.05, 3.63) is 59.2 Å². The number of aliphatic hydroxyl groups excluding tert-OH is 1. The molecule has 4 N–H and O–H groups in total. The second-order valence-electron chi connectivity index (χ2n) is 7.66. The first-order chi connectivity index (χ1) is 13.5. The Kier molecular flexibility index (Phi) is 6.93. The number of nitrogens with one attached hydrogen (secondary N) is 1. The van der Waals surface area contributed by atoms with Crippen molar-refractivity contribution < 1.29 is 14.6 Å². The lowest BCUT2D eigenvalue weighted by Crippen LogP contribution is -2.23. The summed E-state index contributed by atoms with van der Waals surface area (Å²) in [6.45, 7) is 2.26. The molecule has 0 bridgehead atoms. The SMILES string of the molecule is CC(=O)NCc1ccc2c(c1N)CC(C[C@H](O)COc1ccccc1)CCC2. The van der Waals surface area contributed by atoms with E-state index in [9.17, 15) is 9.90 Å². The summed E-state index contributed by atoms with van der Waals surface area (Å²) in [5.41, 5.74) is 10.7. The highest BCUT2D eigenvalue weighted by Gasteiger charge is 2.22. The van der Waals surface area contributed by atoms with Crippen molar-refractivity contribution in [1.29, 1.82) is 0 Å². The Morgan fingerprint density at radius 2 is 2.07 bits per heavy atom. The standard InChI is InChI=1S/C23H30N2O3/c1-16(26)25-14-19-11-10-18-7-5-6-17(13-22(18)23(19)24)12-20(27)15-28-21-8-3-2-4-9-21/h2-4,8-11,17,20,27H,5-7,12-15,24H2,1H3,(H,25,26)/t17?,20-/m0/s1. The van der Waals surface area contributed by atoms with Crippen molar-refractivity contribution in [2.24, 2.45) is 5.92 Å². The molecule has 5 nitrogen and oxygen atoms in total. The van der Waals surface area contributed by atoms with Crippen molar-refractivity contribution in [3.63, 3.8) is 0 Å². The number of ether oxygens (including phenoxy) is 1. The number of carbonyl (C=O) groups excluding carboxylic acids is 1. The summed E-state index contributed by atoms with van der Waals surface area (Å²) in [6.07, 6.45) is 4.22. The van der Waals surface area contributed by atoms with E-state index in [2.05, 4.69) is 11.4 Å². The number of fused-ring (bicyclic) bond motifs is 1. The van der Waals surface area contributed by atoms with Crippen molar-refractivity contribution in [2.45, 2.75) is 51.7 Å². The summed E-state index contributed by atoms with van der Waals surface area (Å²) >= 11 is 0. The van der Waals surface area contributed by atoms with Crippen molar-refractivity contribution in [1.82, 2.24) is 5.32 Å². The molecule has 1 unspecified atom stereocenters. The summed E-state index contributed by atoms with van der Waals surface area (Å²) in [7, 11) is 0. The molecule has 0 radical (unpaired) electrons. The van der Waals surface area contributed by atoms with Gasteiger partial charge in [-0.3, -0.25) is 4.79 Å². The monoisotopic (exact) mass is 382 g/mol. The van der Waals surface area contributed by atoms with Crippen molar-refractivity contribution in [2.75, 3.05) is 12.3 Å². The third-order valence-corrected chi connectivity index (χ3v) is 5.41. The second kappa shape index (κ2) is 9.60. The minimum Gasteiger partial charge on any atom is -0.491 e. The molecular formula is C23H30N2O3. The van der Waals surface area contributed by atoms with E-state index in [0.717, 1.165) is 42.7 Å². The molecule has 1 aliphatic carbocycles. The largest absolute Gasteiger partial charge is 0.491 e. The number of nitrogens with two attached hydrogens (primary N) is 1. The number of benzene rings is 2. The number of hydrogen-bond acceptors (Lipinski definition) is 4. The van der Waals surface area contributed by atoms with Crippen molar-refractivity contribution in [3.8, 4) is 5.75 Å². The molecular weight excluding hydrogens is 352 g/mol. The van der Waals surface area contributed by atoms with E-state index in [-0.39, 0.29) is 5.91 Å². The molecule has 1 aliphatic rings. The first-order valence-corrected chi connectivity index (χ1v) is 10.0. The third kappa shape index (κ3) is 5.49. The number of nitrogen functional groups attached to an aromatic ring is 1. The van der Waals surface area contributed by atoms with Gasteiger partial charge in [0.25, 0.3) is 0 Å². The molecule has 0 heterocycles. The predicted molar refractivity (Wildman–Crippen MR) is 111 cm³/mol. The molecule has 0 aromatic heterocycles. The van der Waals surface area contributed by atoms with Gasteiger partial charge in [0.15, 0.2) is 0 Å². The Balaban J connectivity index is 1.62. The van der Waals surface area contributed by atoms with Crippen LogP contribution in [0, 0.1) is 5.92 Å². The van der Waals surface area contributed by atoms with Crippen LogP contribution in [0.1, 0.15) is 42.9 Å². The average molecular weight is 383 g/mol. The molecule has 5 heteroatoms. The van der Waals surface area contributed by atoms with Crippen molar-refractivity contribution >= 4 is 11.6 Å². The van der Waals surface area contributed by atoms with E-state index in [1.165, 1.54) is 18.1 Å². The molecule has 0 fully saturated rings. The van der Waals surface area contributed by atoms with Crippen LogP contribution < -0.4 is 15.8 Å². The van der Waals surface area contributed by atoms with Gasteiger partial charge in [-0.1, -0.05) is 30.3 Å². The van der Waals surface area contributed by atoms with E-state index in [1.54, 1.807) is 0 Å². The van der Waals surface area contributed by atoms with Gasteiger partial charge in [0.05, 0.1) is 6.10 Å². The summed E-state index contributed by atoms with van der Waals surface area (Å²) in [5.74, 6) is 1.09. The van der Waals surface area contributed by atoms with Crippen LogP contribution in [0.4, 0.5) is 5.69 Å². The number of para-hydroxylation sites is 1. The van der Waals surface area contributed by atoms with E-state index >= 15 is 0 Å². The lowest BCUT2D eigenvalue weighted by molar-refractivity contribution is -0.119. The number of aliphatic hydroxyl groups is 1. The number of aryl methyl sites for hydroxylation is 1. The highest BCUT2D eigenvalue weighted by Crippen LogP contribution is 2.32. The van der Waals surface area contributed by atoms with Crippen LogP contribution in [0.3, 0.4) is 0 Å². The van der Waals surface area contributed by atoms with E-state index in [1.807, 2.05) is 36.4 Å². The third-order valence-electron chi connectivity index (χ3n) is 5.41.